The number of hydrogen-bond acceptors (Lipinski definition) is 5. The van der Waals surface area contributed by atoms with Crippen molar-refractivity contribution in [1.82, 2.24) is 4.98 Å². The standard InChI is InChI=1S/C17H13F2N3O3S/c1-9(23)20-10-6-7-12-14(8-10)26-17(21-12)22-15(24)11-4-2-3-5-13(11)25-16(18)19/h2-8,16H,1H3,(H,20,23)(H,21,22,24). The van der Waals surface area contributed by atoms with Crippen molar-refractivity contribution in [2.45, 2.75) is 13.5 Å². The Balaban J connectivity index is 1.82. The number of hydrogen-bond donors (Lipinski definition) is 2. The number of para-hydroxylation sites is 1. The van der Waals surface area contributed by atoms with E-state index in [0.29, 0.717) is 16.3 Å². The summed E-state index contributed by atoms with van der Waals surface area (Å²) < 4.78 is 30.0. The Morgan fingerprint density at radius 3 is 2.65 bits per heavy atom. The lowest BCUT2D eigenvalue weighted by Gasteiger charge is -2.09. The van der Waals surface area contributed by atoms with Crippen molar-refractivity contribution >= 4 is 44.2 Å². The number of ether oxygens (including phenoxy) is 1. The molecule has 1 heterocycles. The summed E-state index contributed by atoms with van der Waals surface area (Å²) in [5.74, 6) is -1.02. The van der Waals surface area contributed by atoms with Gasteiger partial charge in [-0.3, -0.25) is 14.9 Å². The van der Waals surface area contributed by atoms with Crippen LogP contribution < -0.4 is 15.4 Å². The van der Waals surface area contributed by atoms with Gasteiger partial charge in [0.25, 0.3) is 5.91 Å². The molecule has 0 radical (unpaired) electrons. The second-order valence-corrected chi connectivity index (χ2v) is 6.24. The second-order valence-electron chi connectivity index (χ2n) is 5.21. The summed E-state index contributed by atoms with van der Waals surface area (Å²) in [6.07, 6.45) is 0. The Bertz CT molecular complexity index is 975. The van der Waals surface area contributed by atoms with Crippen molar-refractivity contribution in [3.8, 4) is 5.75 Å². The number of fused-ring (bicyclic) bond motifs is 1. The van der Waals surface area contributed by atoms with E-state index in [2.05, 4.69) is 20.4 Å². The van der Waals surface area contributed by atoms with Crippen LogP contribution in [0.5, 0.6) is 5.75 Å². The molecule has 0 bridgehead atoms. The minimum absolute atomic E-state index is 0.0222. The van der Waals surface area contributed by atoms with Gasteiger partial charge in [-0.25, -0.2) is 4.98 Å². The van der Waals surface area contributed by atoms with Crippen molar-refractivity contribution in [3.05, 3.63) is 48.0 Å². The summed E-state index contributed by atoms with van der Waals surface area (Å²) in [5.41, 5.74) is 1.23. The van der Waals surface area contributed by atoms with Gasteiger partial charge >= 0.3 is 6.61 Å². The van der Waals surface area contributed by atoms with Crippen molar-refractivity contribution in [3.63, 3.8) is 0 Å². The Morgan fingerprint density at radius 2 is 1.92 bits per heavy atom. The molecule has 1 aromatic heterocycles. The first kappa shape index (κ1) is 17.7. The van der Waals surface area contributed by atoms with Gasteiger partial charge in [0.2, 0.25) is 5.91 Å². The van der Waals surface area contributed by atoms with Crippen LogP contribution in [-0.2, 0) is 4.79 Å². The molecule has 0 atom stereocenters. The first-order valence-electron chi connectivity index (χ1n) is 7.46. The average Bonchev–Trinajstić information content (AvgIpc) is 2.95. The van der Waals surface area contributed by atoms with Gasteiger partial charge in [0.15, 0.2) is 5.13 Å². The first-order chi connectivity index (χ1) is 12.4. The molecule has 0 saturated carbocycles. The smallest absolute Gasteiger partial charge is 0.387 e. The third kappa shape index (κ3) is 4.12. The molecule has 0 aliphatic carbocycles. The highest BCUT2D eigenvalue weighted by Gasteiger charge is 2.17. The largest absolute Gasteiger partial charge is 0.434 e. The molecule has 2 N–H and O–H groups in total. The van der Waals surface area contributed by atoms with Crippen LogP contribution in [0.1, 0.15) is 17.3 Å². The lowest BCUT2D eigenvalue weighted by molar-refractivity contribution is -0.114. The fourth-order valence-electron chi connectivity index (χ4n) is 2.28. The first-order valence-corrected chi connectivity index (χ1v) is 8.27. The topological polar surface area (TPSA) is 80.3 Å². The van der Waals surface area contributed by atoms with Crippen LogP contribution in [0.2, 0.25) is 0 Å². The van der Waals surface area contributed by atoms with Crippen molar-refractivity contribution < 1.29 is 23.1 Å². The zero-order valence-corrected chi connectivity index (χ0v) is 14.3. The van der Waals surface area contributed by atoms with Crippen LogP contribution in [0.15, 0.2) is 42.5 Å². The summed E-state index contributed by atoms with van der Waals surface area (Å²) in [6, 6.07) is 10.9. The molecular formula is C17H13F2N3O3S. The molecule has 2 amide bonds. The van der Waals surface area contributed by atoms with Crippen LogP contribution in [-0.4, -0.2) is 23.4 Å². The van der Waals surface area contributed by atoms with Gasteiger partial charge in [-0.15, -0.1) is 0 Å². The molecule has 0 saturated heterocycles. The van der Waals surface area contributed by atoms with E-state index in [0.717, 1.165) is 4.70 Å². The summed E-state index contributed by atoms with van der Waals surface area (Å²) in [7, 11) is 0. The van der Waals surface area contributed by atoms with Crippen molar-refractivity contribution in [1.29, 1.82) is 0 Å². The maximum Gasteiger partial charge on any atom is 0.387 e. The van der Waals surface area contributed by atoms with Gasteiger partial charge in [0, 0.05) is 12.6 Å². The Morgan fingerprint density at radius 1 is 1.15 bits per heavy atom. The molecular weight excluding hydrogens is 364 g/mol. The second kappa shape index (κ2) is 7.44. The number of alkyl halides is 2. The predicted octanol–water partition coefficient (Wildman–Crippen LogP) is 4.11. The molecule has 26 heavy (non-hydrogen) atoms. The number of halogens is 2. The zero-order chi connectivity index (χ0) is 18.7. The number of rotatable bonds is 5. The summed E-state index contributed by atoms with van der Waals surface area (Å²) in [4.78, 5) is 27.8. The van der Waals surface area contributed by atoms with E-state index in [1.165, 1.54) is 36.5 Å². The quantitative estimate of drug-likeness (QED) is 0.701. The Labute approximate surface area is 150 Å². The van der Waals surface area contributed by atoms with Crippen molar-refractivity contribution in [2.75, 3.05) is 10.6 Å². The van der Waals surface area contributed by atoms with Gasteiger partial charge in [0.1, 0.15) is 5.75 Å². The van der Waals surface area contributed by atoms with Crippen LogP contribution >= 0.6 is 11.3 Å². The highest BCUT2D eigenvalue weighted by molar-refractivity contribution is 7.22. The minimum Gasteiger partial charge on any atom is -0.434 e. The molecule has 9 heteroatoms. The van der Waals surface area contributed by atoms with Crippen LogP contribution in [0, 0.1) is 0 Å². The fourth-order valence-corrected chi connectivity index (χ4v) is 3.18. The van der Waals surface area contributed by atoms with E-state index >= 15 is 0 Å². The average molecular weight is 377 g/mol. The van der Waals surface area contributed by atoms with Crippen molar-refractivity contribution in [2.24, 2.45) is 0 Å². The number of nitrogens with one attached hydrogen (secondary N) is 2. The molecule has 2 aromatic carbocycles. The van der Waals surface area contributed by atoms with Gasteiger partial charge in [-0.2, -0.15) is 8.78 Å². The lowest BCUT2D eigenvalue weighted by Crippen LogP contribution is -2.14. The lowest BCUT2D eigenvalue weighted by atomic mass is 10.2. The van der Waals surface area contributed by atoms with E-state index in [9.17, 15) is 18.4 Å². The number of anilines is 2. The SMILES string of the molecule is CC(=O)Nc1ccc2nc(NC(=O)c3ccccc3OC(F)F)sc2c1. The predicted molar refractivity (Wildman–Crippen MR) is 95.0 cm³/mol. The van der Waals surface area contributed by atoms with E-state index in [4.69, 9.17) is 0 Å². The number of aromatic nitrogens is 1. The summed E-state index contributed by atoms with van der Waals surface area (Å²) >= 11 is 1.20. The maximum absolute atomic E-state index is 12.5. The Hall–Kier alpha value is -3.07. The highest BCUT2D eigenvalue weighted by atomic mass is 32.1. The number of thiazole rings is 1. The number of carbonyl (C=O) groups excluding carboxylic acids is 2. The zero-order valence-electron chi connectivity index (χ0n) is 13.5. The molecule has 0 unspecified atom stereocenters. The summed E-state index contributed by atoms with van der Waals surface area (Å²) in [5, 5.41) is 5.54. The molecule has 134 valence electrons. The number of carbonyl (C=O) groups is 2. The molecule has 0 aliphatic heterocycles. The van der Waals surface area contributed by atoms with Gasteiger partial charge < -0.3 is 10.1 Å². The molecule has 0 spiro atoms. The van der Waals surface area contributed by atoms with Gasteiger partial charge in [0.05, 0.1) is 15.8 Å². The molecule has 6 nitrogen and oxygen atoms in total. The molecule has 3 aromatic rings. The monoisotopic (exact) mass is 377 g/mol. The number of nitrogens with zero attached hydrogens (tertiary/aromatic N) is 1. The van der Waals surface area contributed by atoms with Crippen LogP contribution in [0.25, 0.3) is 10.2 Å². The maximum atomic E-state index is 12.5. The van der Waals surface area contributed by atoms with Crippen LogP contribution in [0.4, 0.5) is 19.6 Å². The fraction of sp³-hybridized carbons (Fsp3) is 0.118. The Kier molecular flexibility index (Phi) is 5.08. The van der Waals surface area contributed by atoms with E-state index < -0.39 is 12.5 Å². The van der Waals surface area contributed by atoms with E-state index in [1.807, 2.05) is 0 Å². The molecule has 3 rings (SSSR count). The number of amides is 2. The number of benzene rings is 2. The minimum atomic E-state index is -3.03. The third-order valence-corrected chi connectivity index (χ3v) is 4.21. The normalized spacial score (nSPS) is 10.8. The van der Waals surface area contributed by atoms with Gasteiger partial charge in [-0.1, -0.05) is 23.5 Å². The highest BCUT2D eigenvalue weighted by Crippen LogP contribution is 2.29. The molecule has 0 aliphatic rings. The van der Waals surface area contributed by atoms with E-state index in [1.54, 1.807) is 24.3 Å². The van der Waals surface area contributed by atoms with Crippen LogP contribution in [0.3, 0.4) is 0 Å². The molecule has 0 fully saturated rings. The third-order valence-electron chi connectivity index (χ3n) is 3.28. The van der Waals surface area contributed by atoms with Gasteiger partial charge in [-0.05, 0) is 30.3 Å². The van der Waals surface area contributed by atoms with E-state index in [-0.39, 0.29) is 17.2 Å². The summed E-state index contributed by atoms with van der Waals surface area (Å²) in [6.45, 7) is -1.62.